The predicted octanol–water partition coefficient (Wildman–Crippen LogP) is 2.61. The van der Waals surface area contributed by atoms with E-state index in [2.05, 4.69) is 20.8 Å². The van der Waals surface area contributed by atoms with E-state index >= 15 is 0 Å². The van der Waals surface area contributed by atoms with Crippen LogP contribution in [0.1, 0.15) is 29.6 Å². The fourth-order valence-electron chi connectivity index (χ4n) is 2.17. The van der Waals surface area contributed by atoms with E-state index in [4.69, 9.17) is 5.11 Å². The summed E-state index contributed by atoms with van der Waals surface area (Å²) in [6.07, 6.45) is 4.40. The van der Waals surface area contributed by atoms with E-state index < -0.39 is 0 Å². The molecule has 0 unspecified atom stereocenters. The first-order valence-electron chi connectivity index (χ1n) is 5.88. The quantitative estimate of drug-likeness (QED) is 0.850. The lowest BCUT2D eigenvalue weighted by molar-refractivity contribution is 0.112. The van der Waals surface area contributed by atoms with Crippen LogP contribution < -0.4 is 4.90 Å². The number of carbonyl (C=O) groups is 1. The van der Waals surface area contributed by atoms with Crippen LogP contribution in [0.5, 0.6) is 0 Å². The molecule has 0 amide bonds. The molecule has 0 atom stereocenters. The molecular formula is C13H16BrNO2. The predicted molar refractivity (Wildman–Crippen MR) is 71.6 cm³/mol. The molecule has 0 heterocycles. The minimum absolute atomic E-state index is 0.112. The van der Waals surface area contributed by atoms with Crippen LogP contribution in [0.25, 0.3) is 0 Å². The monoisotopic (exact) mass is 297 g/mol. The second kappa shape index (κ2) is 5.65. The summed E-state index contributed by atoms with van der Waals surface area (Å²) < 4.78 is 0.959. The number of anilines is 1. The molecule has 1 aromatic carbocycles. The molecule has 92 valence electrons. The molecular weight excluding hydrogens is 282 g/mol. The second-order valence-corrected chi connectivity index (χ2v) is 5.24. The van der Waals surface area contributed by atoms with Gasteiger partial charge in [0.2, 0.25) is 0 Å². The van der Waals surface area contributed by atoms with Crippen molar-refractivity contribution in [2.45, 2.75) is 25.3 Å². The topological polar surface area (TPSA) is 40.5 Å². The molecule has 1 N–H and O–H groups in total. The van der Waals surface area contributed by atoms with Crippen LogP contribution in [-0.2, 0) is 0 Å². The first-order chi connectivity index (χ1) is 8.26. The maximum Gasteiger partial charge on any atom is 0.152 e. The molecule has 0 spiro atoms. The molecule has 0 saturated heterocycles. The van der Waals surface area contributed by atoms with Crippen LogP contribution in [-0.4, -0.2) is 30.6 Å². The summed E-state index contributed by atoms with van der Waals surface area (Å²) in [5.74, 6) is 0. The summed E-state index contributed by atoms with van der Waals surface area (Å²) in [5, 5.41) is 9.16. The van der Waals surface area contributed by atoms with Gasteiger partial charge in [-0.1, -0.05) is 15.9 Å². The van der Waals surface area contributed by atoms with Crippen molar-refractivity contribution in [3.8, 4) is 0 Å². The maximum absolute atomic E-state index is 11.1. The normalized spacial score (nSPS) is 15.4. The standard InChI is InChI=1S/C13H16BrNO2/c14-11-5-4-10(9-17)13(8-11)15(6-7-16)12-2-1-3-12/h4-5,8-9,12,16H,1-3,6-7H2. The molecule has 1 aliphatic carbocycles. The molecule has 0 bridgehead atoms. The highest BCUT2D eigenvalue weighted by molar-refractivity contribution is 9.10. The molecule has 0 aromatic heterocycles. The third-order valence-corrected chi connectivity index (χ3v) is 3.78. The lowest BCUT2D eigenvalue weighted by Crippen LogP contribution is -2.42. The van der Waals surface area contributed by atoms with Crippen molar-refractivity contribution in [1.29, 1.82) is 0 Å². The van der Waals surface area contributed by atoms with Crippen LogP contribution in [0.4, 0.5) is 5.69 Å². The highest BCUT2D eigenvalue weighted by atomic mass is 79.9. The fourth-order valence-corrected chi connectivity index (χ4v) is 2.52. The third kappa shape index (κ3) is 2.69. The molecule has 3 nitrogen and oxygen atoms in total. The van der Waals surface area contributed by atoms with Crippen molar-refractivity contribution in [1.82, 2.24) is 0 Å². The lowest BCUT2D eigenvalue weighted by atomic mass is 9.90. The smallest absolute Gasteiger partial charge is 0.152 e. The van der Waals surface area contributed by atoms with Crippen molar-refractivity contribution < 1.29 is 9.90 Å². The van der Waals surface area contributed by atoms with Crippen LogP contribution >= 0.6 is 15.9 Å². The van der Waals surface area contributed by atoms with Gasteiger partial charge in [-0.15, -0.1) is 0 Å². The Balaban J connectivity index is 2.32. The van der Waals surface area contributed by atoms with Crippen LogP contribution in [0.3, 0.4) is 0 Å². The highest BCUT2D eigenvalue weighted by Gasteiger charge is 2.26. The van der Waals surface area contributed by atoms with E-state index in [-0.39, 0.29) is 6.61 Å². The van der Waals surface area contributed by atoms with Gasteiger partial charge in [-0.05, 0) is 37.5 Å². The zero-order valence-corrected chi connectivity index (χ0v) is 11.2. The van der Waals surface area contributed by atoms with Crippen LogP contribution in [0.15, 0.2) is 22.7 Å². The van der Waals surface area contributed by atoms with E-state index in [1.165, 1.54) is 6.42 Å². The fraction of sp³-hybridized carbons (Fsp3) is 0.462. The Morgan fingerprint density at radius 2 is 2.24 bits per heavy atom. The number of carbonyl (C=O) groups excluding carboxylic acids is 1. The summed E-state index contributed by atoms with van der Waals surface area (Å²) in [5.41, 5.74) is 1.61. The van der Waals surface area contributed by atoms with Gasteiger partial charge in [-0.2, -0.15) is 0 Å². The molecule has 1 aromatic rings. The molecule has 1 aliphatic rings. The third-order valence-electron chi connectivity index (χ3n) is 3.29. The number of halogens is 1. The Morgan fingerprint density at radius 3 is 2.76 bits per heavy atom. The van der Waals surface area contributed by atoms with Crippen molar-refractivity contribution in [2.75, 3.05) is 18.1 Å². The molecule has 1 fully saturated rings. The van der Waals surface area contributed by atoms with Gasteiger partial charge in [-0.3, -0.25) is 4.79 Å². The van der Waals surface area contributed by atoms with Crippen LogP contribution in [0, 0.1) is 0 Å². The van der Waals surface area contributed by atoms with E-state index in [1.807, 2.05) is 18.2 Å². The average Bonchev–Trinajstić information content (AvgIpc) is 2.26. The number of nitrogens with zero attached hydrogens (tertiary/aromatic N) is 1. The first-order valence-corrected chi connectivity index (χ1v) is 6.68. The number of benzene rings is 1. The number of aliphatic hydroxyl groups excluding tert-OH is 1. The Morgan fingerprint density at radius 1 is 1.47 bits per heavy atom. The lowest BCUT2D eigenvalue weighted by Gasteiger charge is -2.39. The average molecular weight is 298 g/mol. The highest BCUT2D eigenvalue weighted by Crippen LogP contribution is 2.32. The largest absolute Gasteiger partial charge is 0.395 e. The van der Waals surface area contributed by atoms with Crippen molar-refractivity contribution in [2.24, 2.45) is 0 Å². The molecule has 2 rings (SSSR count). The van der Waals surface area contributed by atoms with Crippen molar-refractivity contribution >= 4 is 27.9 Å². The van der Waals surface area contributed by atoms with E-state index in [1.54, 1.807) is 0 Å². The Labute approximate surface area is 110 Å². The zero-order chi connectivity index (χ0) is 12.3. The minimum Gasteiger partial charge on any atom is -0.395 e. The molecule has 0 aliphatic heterocycles. The van der Waals surface area contributed by atoms with Gasteiger partial charge in [0, 0.05) is 28.3 Å². The van der Waals surface area contributed by atoms with Crippen molar-refractivity contribution in [3.05, 3.63) is 28.2 Å². The number of aliphatic hydroxyl groups is 1. The zero-order valence-electron chi connectivity index (χ0n) is 9.60. The van der Waals surface area contributed by atoms with E-state index in [0.717, 1.165) is 29.3 Å². The Bertz CT molecular complexity index is 404. The van der Waals surface area contributed by atoms with Gasteiger partial charge in [0.15, 0.2) is 6.29 Å². The molecule has 0 radical (unpaired) electrons. The first kappa shape index (κ1) is 12.6. The SMILES string of the molecule is O=Cc1ccc(Br)cc1N(CCO)C1CCC1. The van der Waals surface area contributed by atoms with Gasteiger partial charge in [0.25, 0.3) is 0 Å². The van der Waals surface area contributed by atoms with Crippen molar-refractivity contribution in [3.63, 3.8) is 0 Å². The number of aldehydes is 1. The van der Waals surface area contributed by atoms with E-state index in [9.17, 15) is 4.79 Å². The minimum atomic E-state index is 0.112. The maximum atomic E-state index is 11.1. The molecule has 1 saturated carbocycles. The van der Waals surface area contributed by atoms with Gasteiger partial charge in [0.05, 0.1) is 6.61 Å². The number of hydrogen-bond acceptors (Lipinski definition) is 3. The van der Waals surface area contributed by atoms with Gasteiger partial charge in [-0.25, -0.2) is 0 Å². The summed E-state index contributed by atoms with van der Waals surface area (Å²) in [4.78, 5) is 13.2. The second-order valence-electron chi connectivity index (χ2n) is 4.32. The Kier molecular flexibility index (Phi) is 4.18. The van der Waals surface area contributed by atoms with E-state index in [0.29, 0.717) is 18.2 Å². The summed E-state index contributed by atoms with van der Waals surface area (Å²) in [6.45, 7) is 0.698. The van der Waals surface area contributed by atoms with Gasteiger partial charge in [0.1, 0.15) is 0 Å². The van der Waals surface area contributed by atoms with Gasteiger partial charge < -0.3 is 10.0 Å². The summed E-state index contributed by atoms with van der Waals surface area (Å²) in [6, 6.07) is 6.10. The molecule has 17 heavy (non-hydrogen) atoms. The number of hydrogen-bond donors (Lipinski definition) is 1. The Hall–Kier alpha value is -0.870. The number of rotatable bonds is 5. The molecule has 4 heteroatoms. The summed E-state index contributed by atoms with van der Waals surface area (Å²) >= 11 is 3.43. The summed E-state index contributed by atoms with van der Waals surface area (Å²) in [7, 11) is 0. The van der Waals surface area contributed by atoms with Crippen LogP contribution in [0.2, 0.25) is 0 Å². The van der Waals surface area contributed by atoms with Gasteiger partial charge >= 0.3 is 0 Å².